The predicted molar refractivity (Wildman–Crippen MR) is 120 cm³/mol. The highest BCUT2D eigenvalue weighted by molar-refractivity contribution is 7.80. The molecule has 4 nitrogen and oxygen atoms in total. The Labute approximate surface area is 183 Å². The van der Waals surface area contributed by atoms with Crippen molar-refractivity contribution < 1.29 is 8.78 Å². The van der Waals surface area contributed by atoms with Crippen molar-refractivity contribution in [2.75, 3.05) is 4.90 Å². The number of hydrogen-bond donors (Lipinski definition) is 1. The number of rotatable bonds is 4. The number of nitrogens with zero attached hydrogens (tertiary/aromatic N) is 3. The molecule has 31 heavy (non-hydrogen) atoms. The molecule has 0 radical (unpaired) electrons. The maximum atomic E-state index is 14.8. The first-order valence-electron chi connectivity index (χ1n) is 9.82. The molecule has 0 aliphatic carbocycles. The maximum absolute atomic E-state index is 14.8. The Bertz CT molecular complexity index is 1220. The van der Waals surface area contributed by atoms with Crippen LogP contribution < -0.4 is 10.2 Å². The lowest BCUT2D eigenvalue weighted by Gasteiger charge is -2.29. The van der Waals surface area contributed by atoms with Gasteiger partial charge in [0.05, 0.1) is 17.4 Å². The van der Waals surface area contributed by atoms with E-state index in [0.717, 1.165) is 17.1 Å². The zero-order valence-electron chi connectivity index (χ0n) is 16.3. The average molecular weight is 432 g/mol. The molecule has 0 saturated carbocycles. The molecular formula is C24H18F2N4S. The molecular weight excluding hydrogens is 414 g/mol. The Morgan fingerprint density at radius 1 is 0.871 bits per heavy atom. The van der Waals surface area contributed by atoms with Crippen LogP contribution in [0.1, 0.15) is 23.5 Å². The molecule has 1 fully saturated rings. The van der Waals surface area contributed by atoms with Crippen molar-refractivity contribution in [3.8, 4) is 5.69 Å². The first-order valence-corrected chi connectivity index (χ1v) is 10.2. The molecule has 2 atom stereocenters. The van der Waals surface area contributed by atoms with Crippen LogP contribution in [0.5, 0.6) is 0 Å². The molecule has 0 bridgehead atoms. The molecule has 154 valence electrons. The number of nitrogens with one attached hydrogen (secondary N) is 1. The van der Waals surface area contributed by atoms with E-state index in [1.807, 2.05) is 41.1 Å². The van der Waals surface area contributed by atoms with Crippen molar-refractivity contribution in [3.05, 3.63) is 114 Å². The number of anilines is 1. The van der Waals surface area contributed by atoms with Crippen LogP contribution in [0.3, 0.4) is 0 Å². The van der Waals surface area contributed by atoms with Crippen molar-refractivity contribution in [2.45, 2.75) is 12.1 Å². The summed E-state index contributed by atoms with van der Waals surface area (Å²) in [5.74, 6) is -0.668. The van der Waals surface area contributed by atoms with Crippen molar-refractivity contribution in [1.82, 2.24) is 14.9 Å². The summed E-state index contributed by atoms with van der Waals surface area (Å²) < 4.78 is 30.3. The molecule has 3 heterocycles. The minimum atomic E-state index is -0.376. The summed E-state index contributed by atoms with van der Waals surface area (Å²) in [6.45, 7) is 0. The van der Waals surface area contributed by atoms with E-state index < -0.39 is 0 Å². The predicted octanol–water partition coefficient (Wildman–Crippen LogP) is 5.33. The van der Waals surface area contributed by atoms with Crippen LogP contribution in [0.15, 0.2) is 91.3 Å². The summed E-state index contributed by atoms with van der Waals surface area (Å²) in [7, 11) is 0. The van der Waals surface area contributed by atoms with Gasteiger partial charge in [0.2, 0.25) is 0 Å². The minimum absolute atomic E-state index is 0.303. The second-order valence-electron chi connectivity index (χ2n) is 7.23. The number of benzene rings is 2. The second kappa shape index (κ2) is 7.92. The van der Waals surface area contributed by atoms with E-state index in [-0.39, 0.29) is 23.7 Å². The van der Waals surface area contributed by atoms with Gasteiger partial charge >= 0.3 is 0 Å². The molecule has 0 spiro atoms. The molecule has 7 heteroatoms. The van der Waals surface area contributed by atoms with Crippen LogP contribution in [0.2, 0.25) is 0 Å². The first kappa shape index (κ1) is 19.4. The maximum Gasteiger partial charge on any atom is 0.174 e. The Balaban J connectivity index is 1.68. The van der Waals surface area contributed by atoms with Crippen molar-refractivity contribution >= 4 is 23.0 Å². The van der Waals surface area contributed by atoms with Gasteiger partial charge in [0.1, 0.15) is 17.7 Å². The number of pyridine rings is 1. The number of halogens is 2. The fourth-order valence-electron chi connectivity index (χ4n) is 4.03. The van der Waals surface area contributed by atoms with Crippen molar-refractivity contribution in [2.24, 2.45) is 0 Å². The van der Waals surface area contributed by atoms with Crippen LogP contribution in [-0.4, -0.2) is 14.7 Å². The van der Waals surface area contributed by atoms with E-state index in [2.05, 4.69) is 10.3 Å². The van der Waals surface area contributed by atoms with Crippen molar-refractivity contribution in [3.63, 3.8) is 0 Å². The van der Waals surface area contributed by atoms with Gasteiger partial charge in [-0.1, -0.05) is 18.2 Å². The number of hydrogen-bond acceptors (Lipinski definition) is 2. The third kappa shape index (κ3) is 3.47. The van der Waals surface area contributed by atoms with E-state index in [9.17, 15) is 8.78 Å². The topological polar surface area (TPSA) is 33.1 Å². The van der Waals surface area contributed by atoms with Crippen LogP contribution in [0, 0.1) is 11.6 Å². The first-order chi connectivity index (χ1) is 15.1. The quantitative estimate of drug-likeness (QED) is 0.442. The second-order valence-corrected chi connectivity index (χ2v) is 7.61. The van der Waals surface area contributed by atoms with Crippen LogP contribution in [0.25, 0.3) is 5.69 Å². The number of aromatic nitrogens is 2. The summed E-state index contributed by atoms with van der Waals surface area (Å²) >= 11 is 5.65. The van der Waals surface area contributed by atoms with Gasteiger partial charge in [-0.25, -0.2) is 8.78 Å². The smallest absolute Gasteiger partial charge is 0.174 e. The minimum Gasteiger partial charge on any atom is -0.351 e. The molecule has 1 saturated heterocycles. The fourth-order valence-corrected chi connectivity index (χ4v) is 4.37. The Morgan fingerprint density at radius 3 is 2.39 bits per heavy atom. The highest BCUT2D eigenvalue weighted by atomic mass is 32.1. The summed E-state index contributed by atoms with van der Waals surface area (Å²) in [6.07, 6.45) is 3.63. The molecule has 2 unspecified atom stereocenters. The molecule has 1 aliphatic rings. The lowest BCUT2D eigenvalue weighted by atomic mass is 10.0. The molecule has 2 aromatic heterocycles. The van der Waals surface area contributed by atoms with Crippen LogP contribution >= 0.6 is 12.2 Å². The Hall–Kier alpha value is -3.58. The standard InChI is InChI=1S/C24H18F2N4S/c25-16-10-12-17(13-11-16)29-15-5-9-21(29)23-22(19-7-3-4-14-27-19)28-24(31)30(23)20-8-2-1-6-18(20)26/h1-15,22-23H,(H,28,31). The molecule has 1 N–H and O–H groups in total. The molecule has 5 rings (SSSR count). The van der Waals surface area contributed by atoms with Gasteiger partial charge in [0.25, 0.3) is 0 Å². The Kier molecular flexibility index (Phi) is 4.95. The zero-order chi connectivity index (χ0) is 21.4. The van der Waals surface area contributed by atoms with Gasteiger partial charge in [-0.05, 0) is 72.9 Å². The van der Waals surface area contributed by atoms with Crippen molar-refractivity contribution in [1.29, 1.82) is 0 Å². The summed E-state index contributed by atoms with van der Waals surface area (Å²) in [4.78, 5) is 6.31. The summed E-state index contributed by atoms with van der Waals surface area (Å²) in [5, 5.41) is 3.74. The lowest BCUT2D eigenvalue weighted by Crippen LogP contribution is -2.31. The van der Waals surface area contributed by atoms with E-state index in [1.54, 1.807) is 41.4 Å². The van der Waals surface area contributed by atoms with E-state index >= 15 is 0 Å². The van der Waals surface area contributed by atoms with Crippen LogP contribution in [-0.2, 0) is 0 Å². The third-order valence-corrected chi connectivity index (χ3v) is 5.71. The van der Waals surface area contributed by atoms with E-state index in [1.165, 1.54) is 18.2 Å². The van der Waals surface area contributed by atoms with Crippen LogP contribution in [0.4, 0.5) is 14.5 Å². The largest absolute Gasteiger partial charge is 0.351 e. The molecule has 1 aliphatic heterocycles. The van der Waals surface area contributed by atoms with E-state index in [4.69, 9.17) is 12.2 Å². The van der Waals surface area contributed by atoms with Gasteiger partial charge in [-0.3, -0.25) is 4.98 Å². The van der Waals surface area contributed by atoms with Gasteiger partial charge in [-0.2, -0.15) is 0 Å². The normalized spacial score (nSPS) is 18.3. The van der Waals surface area contributed by atoms with E-state index in [0.29, 0.717) is 10.8 Å². The molecule has 2 aromatic carbocycles. The average Bonchev–Trinajstić information content (AvgIpc) is 3.40. The third-order valence-electron chi connectivity index (χ3n) is 5.40. The zero-order valence-corrected chi connectivity index (χ0v) is 17.1. The lowest BCUT2D eigenvalue weighted by molar-refractivity contribution is 0.541. The number of thiocarbonyl (C=S) groups is 1. The molecule has 4 aromatic rings. The van der Waals surface area contributed by atoms with Gasteiger partial charge in [0.15, 0.2) is 5.11 Å². The summed E-state index contributed by atoms with van der Waals surface area (Å²) in [6, 6.07) is 21.7. The molecule has 0 amide bonds. The monoisotopic (exact) mass is 432 g/mol. The van der Waals surface area contributed by atoms with Gasteiger partial charge in [-0.15, -0.1) is 0 Å². The summed E-state index contributed by atoms with van der Waals surface area (Å²) in [5.41, 5.74) is 2.85. The number of para-hydroxylation sites is 1. The highest BCUT2D eigenvalue weighted by Gasteiger charge is 2.42. The fraction of sp³-hybridized carbons (Fsp3) is 0.0833. The Morgan fingerprint density at radius 2 is 1.65 bits per heavy atom. The van der Waals surface area contributed by atoms with Gasteiger partial charge in [0, 0.05) is 23.8 Å². The van der Waals surface area contributed by atoms with Gasteiger partial charge < -0.3 is 14.8 Å². The SMILES string of the molecule is Fc1ccc(-n2cccc2C2C(c3ccccn3)NC(=S)N2c2ccccc2F)cc1. The highest BCUT2D eigenvalue weighted by Crippen LogP contribution is 2.42.